The van der Waals surface area contributed by atoms with Crippen LogP contribution in [0.3, 0.4) is 0 Å². The summed E-state index contributed by atoms with van der Waals surface area (Å²) >= 11 is 0. The zero-order valence-corrected chi connectivity index (χ0v) is 20.8. The molecule has 1 fully saturated rings. The van der Waals surface area contributed by atoms with Crippen LogP contribution in [0.2, 0.25) is 0 Å². The fourth-order valence-electron chi connectivity index (χ4n) is 5.54. The highest BCUT2D eigenvalue weighted by molar-refractivity contribution is 6.02. The predicted octanol–water partition coefficient (Wildman–Crippen LogP) is 4.87. The Balaban J connectivity index is 1.64. The first-order chi connectivity index (χ1) is 18.3. The Labute approximate surface area is 219 Å². The summed E-state index contributed by atoms with van der Waals surface area (Å²) < 4.78 is 14.8. The monoisotopic (exact) mass is 513 g/mol. The molecule has 5 rings (SSSR count). The number of aromatic amines is 1. The molecule has 0 bridgehead atoms. The van der Waals surface area contributed by atoms with Gasteiger partial charge in [0, 0.05) is 60.4 Å². The first-order valence-electron chi connectivity index (χ1n) is 12.4. The van der Waals surface area contributed by atoms with Gasteiger partial charge in [0.2, 0.25) is 0 Å². The van der Waals surface area contributed by atoms with Crippen LogP contribution in [0.25, 0.3) is 0 Å². The minimum atomic E-state index is -0.708. The van der Waals surface area contributed by atoms with Crippen molar-refractivity contribution in [2.24, 2.45) is 11.8 Å². The van der Waals surface area contributed by atoms with Gasteiger partial charge in [-0.15, -0.1) is 0 Å². The first kappa shape index (κ1) is 25.4. The number of hydrogen-bond acceptors (Lipinski definition) is 6. The number of halogens is 1. The average Bonchev–Trinajstić information content (AvgIpc) is 3.42. The molecule has 0 amide bonds. The lowest BCUT2D eigenvalue weighted by atomic mass is 9.67. The number of carbonyl (C=O) groups is 2. The van der Waals surface area contributed by atoms with Crippen molar-refractivity contribution in [1.82, 2.24) is 15.1 Å². The van der Waals surface area contributed by atoms with Crippen molar-refractivity contribution in [3.63, 3.8) is 0 Å². The van der Waals surface area contributed by atoms with Gasteiger partial charge in [0.05, 0.1) is 0 Å². The molecular formula is C30H28FN3O4. The number of aromatic nitrogens is 2. The van der Waals surface area contributed by atoms with Gasteiger partial charge < -0.3 is 10.2 Å². The van der Waals surface area contributed by atoms with Crippen LogP contribution in [0.5, 0.6) is 11.5 Å². The van der Waals surface area contributed by atoms with Crippen LogP contribution >= 0.6 is 0 Å². The van der Waals surface area contributed by atoms with Crippen molar-refractivity contribution in [1.29, 1.82) is 0 Å². The maximum Gasteiger partial charge on any atom is 0.167 e. The number of H-pyrrole nitrogens is 1. The van der Waals surface area contributed by atoms with E-state index in [2.05, 4.69) is 10.2 Å². The third kappa shape index (κ3) is 5.08. The number of Topliss-reactive ketones (excluding diaryl/α,β-unsaturated/α-hetero) is 2. The van der Waals surface area contributed by atoms with E-state index >= 15 is 0 Å². The van der Waals surface area contributed by atoms with Crippen molar-refractivity contribution < 1.29 is 24.2 Å². The summed E-state index contributed by atoms with van der Waals surface area (Å²) in [5.74, 6) is -3.00. The third-order valence-corrected chi connectivity index (χ3v) is 7.33. The lowest BCUT2D eigenvalue weighted by Crippen LogP contribution is -2.50. The Morgan fingerprint density at radius 3 is 2.03 bits per heavy atom. The number of likely N-dealkylation sites (tertiary alicyclic amines) is 1. The molecule has 8 heteroatoms. The molecule has 38 heavy (non-hydrogen) atoms. The minimum absolute atomic E-state index is 0.0353. The van der Waals surface area contributed by atoms with Gasteiger partial charge >= 0.3 is 0 Å². The van der Waals surface area contributed by atoms with Gasteiger partial charge in [0.1, 0.15) is 17.3 Å². The van der Waals surface area contributed by atoms with Crippen molar-refractivity contribution in [2.75, 3.05) is 13.1 Å². The summed E-state index contributed by atoms with van der Waals surface area (Å²) in [6.45, 7) is 2.73. The quantitative estimate of drug-likeness (QED) is 0.305. The zero-order valence-electron chi connectivity index (χ0n) is 20.8. The maximum absolute atomic E-state index is 14.8. The number of phenols is 2. The molecule has 0 saturated carbocycles. The van der Waals surface area contributed by atoms with Gasteiger partial charge in [-0.25, -0.2) is 4.39 Å². The normalized spacial score (nSPS) is 18.4. The molecule has 194 valence electrons. The molecule has 2 atom stereocenters. The number of aromatic hydroxyl groups is 2. The van der Waals surface area contributed by atoms with Crippen LogP contribution in [0.1, 0.15) is 43.5 Å². The van der Waals surface area contributed by atoms with E-state index in [9.17, 15) is 24.2 Å². The molecule has 0 unspecified atom stereocenters. The largest absolute Gasteiger partial charge is 0.508 e. The predicted molar refractivity (Wildman–Crippen MR) is 140 cm³/mol. The van der Waals surface area contributed by atoms with E-state index < -0.39 is 23.6 Å². The summed E-state index contributed by atoms with van der Waals surface area (Å²) in [6, 6.07) is 18.9. The molecule has 7 nitrogen and oxygen atoms in total. The molecule has 3 N–H and O–H groups in total. The SMILES string of the molecule is Cc1c(F)cccc1C1[C@@H](C(=O)c2cccc(O)c2)CN(Cc2ccn[nH]2)C[C@@H]1C(=O)c1cccc(O)c1. The number of ketones is 2. The van der Waals surface area contributed by atoms with Crippen LogP contribution in [0.15, 0.2) is 79.0 Å². The molecule has 1 aliphatic heterocycles. The number of carbonyl (C=O) groups excluding carboxylic acids is 2. The summed E-state index contributed by atoms with van der Waals surface area (Å²) in [5.41, 5.74) is 2.46. The Bertz CT molecular complexity index is 1400. The fraction of sp³-hybridized carbons (Fsp3) is 0.233. The van der Waals surface area contributed by atoms with Crippen molar-refractivity contribution in [3.05, 3.63) is 113 Å². The second-order valence-electron chi connectivity index (χ2n) is 9.80. The number of piperidine rings is 1. The van der Waals surface area contributed by atoms with Gasteiger partial charge in [-0.3, -0.25) is 19.6 Å². The molecule has 0 radical (unpaired) electrons. The van der Waals surface area contributed by atoms with E-state index in [4.69, 9.17) is 0 Å². The molecule has 3 aromatic carbocycles. The average molecular weight is 514 g/mol. The summed E-state index contributed by atoms with van der Waals surface area (Å²) in [6.07, 6.45) is 1.64. The lowest BCUT2D eigenvalue weighted by molar-refractivity contribution is 0.0550. The number of benzene rings is 3. The van der Waals surface area contributed by atoms with Crippen LogP contribution < -0.4 is 0 Å². The molecule has 1 aliphatic rings. The highest BCUT2D eigenvalue weighted by Gasteiger charge is 2.45. The van der Waals surface area contributed by atoms with E-state index in [1.54, 1.807) is 49.5 Å². The van der Waals surface area contributed by atoms with Crippen LogP contribution in [0.4, 0.5) is 4.39 Å². The van der Waals surface area contributed by atoms with Crippen LogP contribution in [-0.2, 0) is 6.54 Å². The van der Waals surface area contributed by atoms with E-state index in [1.807, 2.05) is 11.0 Å². The highest BCUT2D eigenvalue weighted by atomic mass is 19.1. The lowest BCUT2D eigenvalue weighted by Gasteiger charge is -2.43. The second-order valence-corrected chi connectivity index (χ2v) is 9.80. The summed E-state index contributed by atoms with van der Waals surface area (Å²) in [7, 11) is 0. The van der Waals surface area contributed by atoms with E-state index in [0.29, 0.717) is 41.9 Å². The summed E-state index contributed by atoms with van der Waals surface area (Å²) in [5, 5.41) is 27.1. The van der Waals surface area contributed by atoms with Gasteiger partial charge in [-0.05, 0) is 54.4 Å². The molecule has 0 spiro atoms. The fourth-order valence-corrected chi connectivity index (χ4v) is 5.54. The summed E-state index contributed by atoms with van der Waals surface area (Å²) in [4.78, 5) is 30.1. The smallest absolute Gasteiger partial charge is 0.167 e. The van der Waals surface area contributed by atoms with Crippen molar-refractivity contribution >= 4 is 11.6 Å². The molecule has 4 aromatic rings. The molecular weight excluding hydrogens is 485 g/mol. The Hall–Kier alpha value is -4.30. The number of rotatable bonds is 7. The molecule has 2 heterocycles. The van der Waals surface area contributed by atoms with Gasteiger partial charge in [0.15, 0.2) is 11.6 Å². The van der Waals surface area contributed by atoms with Crippen molar-refractivity contribution in [2.45, 2.75) is 19.4 Å². The van der Waals surface area contributed by atoms with Gasteiger partial charge in [0.25, 0.3) is 0 Å². The number of phenolic OH excluding ortho intramolecular Hbond substituents is 2. The molecule has 1 aromatic heterocycles. The van der Waals surface area contributed by atoms with E-state index in [1.165, 1.54) is 30.3 Å². The van der Waals surface area contributed by atoms with E-state index in [0.717, 1.165) is 5.69 Å². The van der Waals surface area contributed by atoms with Gasteiger partial charge in [-0.1, -0.05) is 36.4 Å². The third-order valence-electron chi connectivity index (χ3n) is 7.33. The molecule has 0 aliphatic carbocycles. The topological polar surface area (TPSA) is 107 Å². The van der Waals surface area contributed by atoms with E-state index in [-0.39, 0.29) is 23.1 Å². The number of hydrogen-bond donors (Lipinski definition) is 3. The second kappa shape index (κ2) is 10.6. The zero-order chi connectivity index (χ0) is 26.8. The van der Waals surface area contributed by atoms with Crippen LogP contribution in [-0.4, -0.2) is 50.0 Å². The minimum Gasteiger partial charge on any atom is -0.508 e. The van der Waals surface area contributed by atoms with Gasteiger partial charge in [-0.2, -0.15) is 5.10 Å². The maximum atomic E-state index is 14.8. The Kier molecular flexibility index (Phi) is 7.07. The number of nitrogens with zero attached hydrogens (tertiary/aromatic N) is 2. The highest BCUT2D eigenvalue weighted by Crippen LogP contribution is 2.43. The van der Waals surface area contributed by atoms with Crippen molar-refractivity contribution in [3.8, 4) is 11.5 Å². The molecule has 1 saturated heterocycles. The first-order valence-corrected chi connectivity index (χ1v) is 12.4. The Morgan fingerprint density at radius 2 is 1.50 bits per heavy atom. The number of nitrogens with one attached hydrogen (secondary N) is 1. The van der Waals surface area contributed by atoms with Crippen LogP contribution in [0, 0.1) is 24.6 Å². The Morgan fingerprint density at radius 1 is 0.921 bits per heavy atom. The standard InChI is InChI=1S/C30H28FN3O4/c1-18-24(9-4-10-27(18)31)28-25(29(37)19-5-2-7-22(35)13-19)16-34(15-21-11-12-32-33-21)17-26(28)30(38)20-6-3-8-23(36)14-20/h2-14,25-26,28,35-36H,15-17H2,1H3,(H,32,33)/t25-,26-/m0/s1.